The maximum Gasteiger partial charge on any atom is 0.120 e. The van der Waals surface area contributed by atoms with Gasteiger partial charge in [-0.25, -0.2) is 0 Å². The van der Waals surface area contributed by atoms with Gasteiger partial charge in [-0.05, 0) is 30.6 Å². The van der Waals surface area contributed by atoms with E-state index < -0.39 is 0 Å². The maximum absolute atomic E-state index is 10.3. The number of aldehydes is 1. The van der Waals surface area contributed by atoms with Crippen LogP contribution >= 0.6 is 0 Å². The fourth-order valence-corrected chi connectivity index (χ4v) is 1.75. The van der Waals surface area contributed by atoms with E-state index in [1.807, 2.05) is 0 Å². The summed E-state index contributed by atoms with van der Waals surface area (Å²) in [5, 5.41) is 0. The SMILES string of the molecule is CC(C)CCC[C@@H](C)/C=C/C[C@@H](C)CC=O. The molecule has 0 aromatic rings. The Morgan fingerprint density at radius 1 is 1.00 bits per heavy atom. The molecule has 0 aromatic heterocycles. The first kappa shape index (κ1) is 15.4. The molecule has 94 valence electrons. The molecule has 0 amide bonds. The molecule has 2 atom stereocenters. The minimum atomic E-state index is 0.497. The summed E-state index contributed by atoms with van der Waals surface area (Å²) in [5.41, 5.74) is 0. The fraction of sp³-hybridized carbons (Fsp3) is 0.800. The molecule has 0 aliphatic heterocycles. The third kappa shape index (κ3) is 9.95. The van der Waals surface area contributed by atoms with E-state index in [0.29, 0.717) is 18.3 Å². The number of hydrogen-bond acceptors (Lipinski definition) is 1. The van der Waals surface area contributed by atoms with Crippen molar-refractivity contribution in [3.63, 3.8) is 0 Å². The van der Waals surface area contributed by atoms with E-state index in [1.165, 1.54) is 19.3 Å². The van der Waals surface area contributed by atoms with E-state index in [9.17, 15) is 4.79 Å². The first-order chi connectivity index (χ1) is 7.56. The van der Waals surface area contributed by atoms with Gasteiger partial charge >= 0.3 is 0 Å². The Morgan fingerprint density at radius 3 is 2.25 bits per heavy atom. The van der Waals surface area contributed by atoms with Crippen LogP contribution in [0.2, 0.25) is 0 Å². The summed E-state index contributed by atoms with van der Waals surface area (Å²) in [4.78, 5) is 10.3. The van der Waals surface area contributed by atoms with Crippen LogP contribution < -0.4 is 0 Å². The van der Waals surface area contributed by atoms with Crippen LogP contribution in [0.5, 0.6) is 0 Å². The van der Waals surface area contributed by atoms with Crippen LogP contribution in [-0.2, 0) is 4.79 Å². The number of allylic oxidation sites excluding steroid dienone is 2. The Morgan fingerprint density at radius 2 is 1.69 bits per heavy atom. The van der Waals surface area contributed by atoms with Crippen molar-refractivity contribution in [1.29, 1.82) is 0 Å². The molecule has 0 bridgehead atoms. The summed E-state index contributed by atoms with van der Waals surface area (Å²) in [7, 11) is 0. The van der Waals surface area contributed by atoms with Crippen LogP contribution in [0.15, 0.2) is 12.2 Å². The van der Waals surface area contributed by atoms with Gasteiger partial charge < -0.3 is 4.79 Å². The second kappa shape index (κ2) is 9.62. The van der Waals surface area contributed by atoms with Gasteiger partial charge in [0.25, 0.3) is 0 Å². The summed E-state index contributed by atoms with van der Waals surface area (Å²) < 4.78 is 0. The fourth-order valence-electron chi connectivity index (χ4n) is 1.75. The summed E-state index contributed by atoms with van der Waals surface area (Å²) in [5.74, 6) is 2.00. The Hall–Kier alpha value is -0.590. The lowest BCUT2D eigenvalue weighted by Gasteiger charge is -2.08. The number of hydrogen-bond donors (Lipinski definition) is 0. The van der Waals surface area contributed by atoms with Crippen molar-refractivity contribution < 1.29 is 4.79 Å². The van der Waals surface area contributed by atoms with E-state index in [1.54, 1.807) is 0 Å². The molecular formula is C15H28O. The summed E-state index contributed by atoms with van der Waals surface area (Å²) in [6, 6.07) is 0. The molecule has 0 aromatic carbocycles. The standard InChI is InChI=1S/C15H28O/c1-13(2)7-5-8-14(3)9-6-10-15(4)11-12-16/h6,9,12-15H,5,7-8,10-11H2,1-4H3/b9-6+/t14-,15-/m1/s1. The van der Waals surface area contributed by atoms with Gasteiger partial charge in [-0.15, -0.1) is 0 Å². The van der Waals surface area contributed by atoms with Crippen molar-refractivity contribution >= 4 is 6.29 Å². The minimum absolute atomic E-state index is 0.497. The predicted octanol–water partition coefficient (Wildman–Crippen LogP) is 4.62. The van der Waals surface area contributed by atoms with Gasteiger partial charge in [-0.1, -0.05) is 52.7 Å². The van der Waals surface area contributed by atoms with E-state index in [-0.39, 0.29) is 0 Å². The molecule has 0 spiro atoms. The van der Waals surface area contributed by atoms with Gasteiger partial charge in [0.1, 0.15) is 6.29 Å². The molecular weight excluding hydrogens is 196 g/mol. The quantitative estimate of drug-likeness (QED) is 0.412. The van der Waals surface area contributed by atoms with Crippen molar-refractivity contribution in [2.24, 2.45) is 17.8 Å². The molecule has 0 rings (SSSR count). The lowest BCUT2D eigenvalue weighted by molar-refractivity contribution is -0.108. The molecule has 0 aliphatic rings. The summed E-state index contributed by atoms with van der Waals surface area (Å²) in [6.07, 6.45) is 11.2. The topological polar surface area (TPSA) is 17.1 Å². The third-order valence-corrected chi connectivity index (χ3v) is 2.94. The molecule has 0 saturated carbocycles. The molecule has 0 saturated heterocycles. The zero-order valence-corrected chi connectivity index (χ0v) is 11.4. The second-order valence-electron chi connectivity index (χ2n) is 5.47. The van der Waals surface area contributed by atoms with Crippen LogP contribution in [0.4, 0.5) is 0 Å². The van der Waals surface area contributed by atoms with Crippen molar-refractivity contribution in [1.82, 2.24) is 0 Å². The Labute approximate surface area is 101 Å². The molecule has 0 unspecified atom stereocenters. The third-order valence-electron chi connectivity index (χ3n) is 2.94. The first-order valence-corrected chi connectivity index (χ1v) is 6.66. The van der Waals surface area contributed by atoms with Crippen LogP contribution in [0.25, 0.3) is 0 Å². The highest BCUT2D eigenvalue weighted by atomic mass is 16.1. The van der Waals surface area contributed by atoms with Crippen LogP contribution in [0.3, 0.4) is 0 Å². The van der Waals surface area contributed by atoms with Gasteiger partial charge in [0.05, 0.1) is 0 Å². The molecule has 0 heterocycles. The minimum Gasteiger partial charge on any atom is -0.303 e. The summed E-state index contributed by atoms with van der Waals surface area (Å²) >= 11 is 0. The highest BCUT2D eigenvalue weighted by molar-refractivity contribution is 5.49. The van der Waals surface area contributed by atoms with E-state index in [2.05, 4.69) is 39.8 Å². The number of carbonyl (C=O) groups is 1. The average molecular weight is 224 g/mol. The zero-order valence-electron chi connectivity index (χ0n) is 11.4. The molecule has 1 nitrogen and oxygen atoms in total. The predicted molar refractivity (Wildman–Crippen MR) is 71.5 cm³/mol. The van der Waals surface area contributed by atoms with Gasteiger partial charge in [0, 0.05) is 6.42 Å². The molecule has 0 N–H and O–H groups in total. The number of carbonyl (C=O) groups excluding carboxylic acids is 1. The molecule has 0 aliphatic carbocycles. The Bertz CT molecular complexity index is 194. The molecule has 16 heavy (non-hydrogen) atoms. The van der Waals surface area contributed by atoms with Crippen LogP contribution in [0.1, 0.15) is 59.8 Å². The lowest BCUT2D eigenvalue weighted by Crippen LogP contribution is -1.95. The zero-order chi connectivity index (χ0) is 12.4. The Balaban J connectivity index is 3.57. The van der Waals surface area contributed by atoms with Crippen molar-refractivity contribution in [2.45, 2.75) is 59.8 Å². The Kier molecular flexibility index (Phi) is 9.27. The van der Waals surface area contributed by atoms with E-state index in [0.717, 1.165) is 18.6 Å². The van der Waals surface area contributed by atoms with Crippen LogP contribution in [0, 0.1) is 17.8 Å². The monoisotopic (exact) mass is 224 g/mol. The maximum atomic E-state index is 10.3. The highest BCUT2D eigenvalue weighted by Gasteiger charge is 2.00. The van der Waals surface area contributed by atoms with Gasteiger partial charge in [-0.3, -0.25) is 0 Å². The van der Waals surface area contributed by atoms with E-state index in [4.69, 9.17) is 0 Å². The van der Waals surface area contributed by atoms with Gasteiger partial charge in [0.2, 0.25) is 0 Å². The van der Waals surface area contributed by atoms with Crippen molar-refractivity contribution in [3.8, 4) is 0 Å². The number of rotatable bonds is 9. The van der Waals surface area contributed by atoms with Crippen molar-refractivity contribution in [3.05, 3.63) is 12.2 Å². The second-order valence-corrected chi connectivity index (χ2v) is 5.47. The van der Waals surface area contributed by atoms with Gasteiger partial charge in [-0.2, -0.15) is 0 Å². The van der Waals surface area contributed by atoms with Gasteiger partial charge in [0.15, 0.2) is 0 Å². The van der Waals surface area contributed by atoms with Crippen LogP contribution in [-0.4, -0.2) is 6.29 Å². The first-order valence-electron chi connectivity index (χ1n) is 6.66. The highest BCUT2D eigenvalue weighted by Crippen LogP contribution is 2.14. The molecule has 1 heteroatoms. The molecule has 0 radical (unpaired) electrons. The average Bonchev–Trinajstić information content (AvgIpc) is 2.17. The lowest BCUT2D eigenvalue weighted by atomic mass is 9.98. The smallest absolute Gasteiger partial charge is 0.120 e. The largest absolute Gasteiger partial charge is 0.303 e. The van der Waals surface area contributed by atoms with Crippen molar-refractivity contribution in [2.75, 3.05) is 0 Å². The summed E-state index contributed by atoms with van der Waals surface area (Å²) in [6.45, 7) is 8.96. The van der Waals surface area contributed by atoms with E-state index >= 15 is 0 Å². The molecule has 0 fully saturated rings. The normalized spacial score (nSPS) is 15.6.